The standard InChI is InChI=1S/C39H57N5O5S/c1-38(2,3)24-29-28-15-16-30(45)35(34(28)41-37(29)50-39(4,5)6)43-22-20-42(21-23-43)31(46)10-8-7-9-19-40-36(49)27-13-11-26(12-14-27)25-44-32(47)17-18-33(44)48/h15-18,26-27,41,45H,7-14,19-25H2,1-6H3,(H,40,49). The minimum absolute atomic E-state index is 0.0181. The summed E-state index contributed by atoms with van der Waals surface area (Å²) in [6.45, 7) is 17.0. The molecule has 3 N–H and O–H groups in total. The molecule has 2 aromatic rings. The molecule has 11 heteroatoms. The first-order chi connectivity index (χ1) is 23.6. The molecule has 0 bridgehead atoms. The first-order valence-electron chi connectivity index (χ1n) is 18.5. The van der Waals surface area contributed by atoms with E-state index in [0.717, 1.165) is 73.0 Å². The average Bonchev–Trinajstić information content (AvgIpc) is 3.54. The quantitative estimate of drug-likeness (QED) is 0.132. The summed E-state index contributed by atoms with van der Waals surface area (Å²) in [6, 6.07) is 3.86. The largest absolute Gasteiger partial charge is 0.506 e. The van der Waals surface area contributed by atoms with Gasteiger partial charge in [-0.3, -0.25) is 24.1 Å². The van der Waals surface area contributed by atoms with E-state index in [4.69, 9.17) is 0 Å². The highest BCUT2D eigenvalue weighted by Crippen LogP contribution is 2.44. The molecule has 0 spiro atoms. The molecule has 1 aromatic heterocycles. The van der Waals surface area contributed by atoms with E-state index in [9.17, 15) is 24.3 Å². The number of hydrogen-bond donors (Lipinski definition) is 3. The number of nitrogens with zero attached hydrogens (tertiary/aromatic N) is 3. The van der Waals surface area contributed by atoms with Crippen LogP contribution in [0.4, 0.5) is 5.69 Å². The monoisotopic (exact) mass is 707 g/mol. The van der Waals surface area contributed by atoms with Gasteiger partial charge in [0.15, 0.2) is 0 Å². The van der Waals surface area contributed by atoms with Crippen molar-refractivity contribution in [3.63, 3.8) is 0 Å². The van der Waals surface area contributed by atoms with E-state index in [1.165, 1.54) is 22.6 Å². The number of fused-ring (bicyclic) bond motifs is 1. The minimum atomic E-state index is -0.240. The lowest BCUT2D eigenvalue weighted by Crippen LogP contribution is -2.48. The number of aromatic nitrogens is 1. The van der Waals surface area contributed by atoms with Gasteiger partial charge < -0.3 is 25.2 Å². The summed E-state index contributed by atoms with van der Waals surface area (Å²) < 4.78 is 0.0381. The number of piperazine rings is 1. The predicted octanol–water partition coefficient (Wildman–Crippen LogP) is 6.41. The molecule has 5 rings (SSSR count). The molecule has 3 aliphatic rings. The fraction of sp³-hybridized carbons (Fsp3) is 0.641. The Kier molecular flexibility index (Phi) is 12.0. The SMILES string of the molecule is CC(C)(C)Cc1c(SC(C)(C)C)[nH]c2c(N3CCN(C(=O)CCCCCNC(=O)C4CCC(CN5C(=O)C=CC5=O)CC4)CC3)c(O)ccc12. The van der Waals surface area contributed by atoms with E-state index >= 15 is 0 Å². The lowest BCUT2D eigenvalue weighted by atomic mass is 9.81. The van der Waals surface area contributed by atoms with Crippen molar-refractivity contribution >= 4 is 52.0 Å². The number of hydrogen-bond acceptors (Lipinski definition) is 7. The van der Waals surface area contributed by atoms with Crippen molar-refractivity contribution in [3.8, 4) is 5.75 Å². The van der Waals surface area contributed by atoms with Crippen molar-refractivity contribution in [2.75, 3.05) is 44.2 Å². The number of unbranched alkanes of at least 4 members (excludes halogenated alkanes) is 2. The maximum Gasteiger partial charge on any atom is 0.253 e. The van der Waals surface area contributed by atoms with Crippen LogP contribution in [0.15, 0.2) is 29.3 Å². The number of H-pyrrole nitrogens is 1. The third-order valence-corrected chi connectivity index (χ3v) is 11.1. The Balaban J connectivity index is 1.03. The van der Waals surface area contributed by atoms with Crippen LogP contribution in [-0.4, -0.2) is 87.5 Å². The Morgan fingerprint density at radius 2 is 1.58 bits per heavy atom. The lowest BCUT2D eigenvalue weighted by molar-refractivity contribution is -0.138. The number of carbonyl (C=O) groups is 4. The first-order valence-corrected chi connectivity index (χ1v) is 19.3. The number of anilines is 1. The van der Waals surface area contributed by atoms with Crippen LogP contribution in [0.25, 0.3) is 10.9 Å². The number of thioether (sulfide) groups is 1. The summed E-state index contributed by atoms with van der Waals surface area (Å²) in [4.78, 5) is 58.7. The molecule has 0 atom stereocenters. The van der Waals surface area contributed by atoms with Crippen molar-refractivity contribution in [1.82, 2.24) is 20.1 Å². The summed E-state index contributed by atoms with van der Waals surface area (Å²) >= 11 is 1.83. The molecule has 4 amide bonds. The third-order valence-electron chi connectivity index (χ3n) is 9.98. The number of phenolic OH excluding ortho intramolecular Hbond substituents is 1. The fourth-order valence-corrected chi connectivity index (χ4v) is 8.51. The third kappa shape index (κ3) is 9.65. The van der Waals surface area contributed by atoms with Gasteiger partial charge in [-0.1, -0.05) is 48.0 Å². The summed E-state index contributed by atoms with van der Waals surface area (Å²) in [6.07, 6.45) is 9.79. The van der Waals surface area contributed by atoms with E-state index in [1.54, 1.807) is 0 Å². The molecular weight excluding hydrogens is 651 g/mol. The summed E-state index contributed by atoms with van der Waals surface area (Å²) in [7, 11) is 0. The summed E-state index contributed by atoms with van der Waals surface area (Å²) in [5.74, 6) is 0.271. The lowest BCUT2D eigenvalue weighted by Gasteiger charge is -2.36. The number of phenols is 1. The Morgan fingerprint density at radius 3 is 2.20 bits per heavy atom. The van der Waals surface area contributed by atoms with Crippen molar-refractivity contribution in [1.29, 1.82) is 0 Å². The van der Waals surface area contributed by atoms with Crippen LogP contribution in [0, 0.1) is 17.3 Å². The van der Waals surface area contributed by atoms with E-state index in [-0.39, 0.29) is 51.4 Å². The van der Waals surface area contributed by atoms with Crippen LogP contribution >= 0.6 is 11.8 Å². The zero-order chi connectivity index (χ0) is 36.2. The second kappa shape index (κ2) is 15.8. The number of aromatic hydroxyl groups is 1. The normalized spacial score (nSPS) is 20.3. The van der Waals surface area contributed by atoms with E-state index < -0.39 is 0 Å². The van der Waals surface area contributed by atoms with Crippen LogP contribution in [0.1, 0.15) is 98.5 Å². The van der Waals surface area contributed by atoms with E-state index in [2.05, 4.69) is 56.7 Å². The minimum Gasteiger partial charge on any atom is -0.506 e. The molecular formula is C39H57N5O5S. The van der Waals surface area contributed by atoms with Gasteiger partial charge in [0.2, 0.25) is 11.8 Å². The van der Waals surface area contributed by atoms with Gasteiger partial charge in [-0.25, -0.2) is 0 Å². The maximum atomic E-state index is 13.1. The van der Waals surface area contributed by atoms with Crippen molar-refractivity contribution in [2.24, 2.45) is 17.3 Å². The topological polar surface area (TPSA) is 126 Å². The molecule has 274 valence electrons. The van der Waals surface area contributed by atoms with Gasteiger partial charge in [0.05, 0.1) is 10.5 Å². The predicted molar refractivity (Wildman–Crippen MR) is 200 cm³/mol. The van der Waals surface area contributed by atoms with Gasteiger partial charge >= 0.3 is 0 Å². The highest BCUT2D eigenvalue weighted by atomic mass is 32.2. The second-order valence-corrected chi connectivity index (χ2v) is 18.4. The van der Waals surface area contributed by atoms with Crippen LogP contribution in [-0.2, 0) is 25.6 Å². The van der Waals surface area contributed by atoms with Gasteiger partial charge in [0.25, 0.3) is 11.8 Å². The molecule has 0 radical (unpaired) electrons. The Bertz CT molecular complexity index is 1570. The molecule has 1 saturated heterocycles. The number of aromatic amines is 1. The van der Waals surface area contributed by atoms with Crippen LogP contribution in [0.3, 0.4) is 0 Å². The number of amides is 4. The molecule has 1 aliphatic carbocycles. The number of carbonyl (C=O) groups excluding carboxylic acids is 4. The van der Waals surface area contributed by atoms with Crippen molar-refractivity contribution < 1.29 is 24.3 Å². The van der Waals surface area contributed by atoms with Gasteiger partial charge in [-0.05, 0) is 74.0 Å². The van der Waals surface area contributed by atoms with Crippen LogP contribution in [0.5, 0.6) is 5.75 Å². The average molecular weight is 708 g/mol. The number of benzene rings is 1. The van der Waals surface area contributed by atoms with Gasteiger partial charge in [0.1, 0.15) is 11.4 Å². The van der Waals surface area contributed by atoms with Gasteiger partial charge in [0, 0.05) is 73.9 Å². The molecule has 2 aliphatic heterocycles. The Morgan fingerprint density at radius 1 is 0.920 bits per heavy atom. The number of nitrogens with one attached hydrogen (secondary N) is 2. The number of rotatable bonds is 12. The van der Waals surface area contributed by atoms with Crippen LogP contribution in [0.2, 0.25) is 0 Å². The number of imide groups is 1. The molecule has 2 fully saturated rings. The molecule has 3 heterocycles. The summed E-state index contributed by atoms with van der Waals surface area (Å²) in [5.41, 5.74) is 3.21. The van der Waals surface area contributed by atoms with Crippen LogP contribution < -0.4 is 10.2 Å². The molecule has 0 unspecified atom stereocenters. The first kappa shape index (κ1) is 37.8. The highest BCUT2D eigenvalue weighted by molar-refractivity contribution is 8.00. The van der Waals surface area contributed by atoms with Gasteiger partial charge in [-0.15, -0.1) is 11.8 Å². The smallest absolute Gasteiger partial charge is 0.253 e. The molecule has 10 nitrogen and oxygen atoms in total. The zero-order valence-electron chi connectivity index (χ0n) is 30.9. The maximum absolute atomic E-state index is 13.1. The van der Waals surface area contributed by atoms with E-state index in [1.807, 2.05) is 28.8 Å². The van der Waals surface area contributed by atoms with Crippen molar-refractivity contribution in [3.05, 3.63) is 29.8 Å². The second-order valence-electron chi connectivity index (χ2n) is 16.5. The molecule has 1 saturated carbocycles. The van der Waals surface area contributed by atoms with Gasteiger partial charge in [-0.2, -0.15) is 0 Å². The zero-order valence-corrected chi connectivity index (χ0v) is 31.7. The molecule has 50 heavy (non-hydrogen) atoms. The highest BCUT2D eigenvalue weighted by Gasteiger charge is 2.32. The molecule has 1 aromatic carbocycles. The Labute approximate surface area is 301 Å². The Hall–Kier alpha value is -3.47. The van der Waals surface area contributed by atoms with Crippen molar-refractivity contribution in [2.45, 2.75) is 109 Å². The summed E-state index contributed by atoms with van der Waals surface area (Å²) in [5, 5.41) is 16.5. The van der Waals surface area contributed by atoms with E-state index in [0.29, 0.717) is 45.7 Å². The fourth-order valence-electron chi connectivity index (χ4n) is 7.44.